The summed E-state index contributed by atoms with van der Waals surface area (Å²) in [7, 11) is 0. The molecule has 2 aromatic carbocycles. The lowest BCUT2D eigenvalue weighted by molar-refractivity contribution is 0.0962. The van der Waals surface area contributed by atoms with Crippen LogP contribution in [0.3, 0.4) is 0 Å². The maximum absolute atomic E-state index is 13.3. The third-order valence-electron chi connectivity index (χ3n) is 4.89. The molecule has 1 aliphatic carbocycles. The molecule has 5 heteroatoms. The van der Waals surface area contributed by atoms with Crippen LogP contribution in [0.25, 0.3) is 11.1 Å². The fourth-order valence-electron chi connectivity index (χ4n) is 3.76. The molecule has 0 saturated carbocycles. The summed E-state index contributed by atoms with van der Waals surface area (Å²) in [5, 5.41) is 0. The van der Waals surface area contributed by atoms with Crippen LogP contribution < -0.4 is 5.73 Å². The van der Waals surface area contributed by atoms with Crippen LogP contribution in [-0.4, -0.2) is 15.8 Å². The lowest BCUT2D eigenvalue weighted by Crippen LogP contribution is -2.23. The molecule has 130 valence electrons. The summed E-state index contributed by atoms with van der Waals surface area (Å²) in [5.74, 6) is -0.0233. The van der Waals surface area contributed by atoms with Gasteiger partial charge < -0.3 is 5.73 Å². The van der Waals surface area contributed by atoms with Crippen molar-refractivity contribution in [3.63, 3.8) is 0 Å². The standard InChI is InChI=1S/C21H18FN3O/c1-12-20-18(25-21(23)24-12)10-14(11-19(20)26)17-5-3-2-4-16(17)13-6-8-15(22)9-7-13/h2-9,14H,10-11H2,1H3,(H2,23,24,25). The second kappa shape index (κ2) is 6.33. The van der Waals surface area contributed by atoms with E-state index < -0.39 is 0 Å². The highest BCUT2D eigenvalue weighted by Crippen LogP contribution is 2.37. The van der Waals surface area contributed by atoms with Crippen LogP contribution in [0, 0.1) is 12.7 Å². The van der Waals surface area contributed by atoms with E-state index in [9.17, 15) is 9.18 Å². The minimum Gasteiger partial charge on any atom is -0.368 e. The molecule has 0 aliphatic heterocycles. The number of aromatic nitrogens is 2. The molecule has 26 heavy (non-hydrogen) atoms. The average molecular weight is 347 g/mol. The second-order valence-electron chi connectivity index (χ2n) is 6.61. The SMILES string of the molecule is Cc1nc(N)nc2c1C(=O)CC(c1ccccc1-c1ccc(F)cc1)C2. The Hall–Kier alpha value is -3.08. The zero-order valence-electron chi connectivity index (χ0n) is 14.4. The molecule has 1 heterocycles. The smallest absolute Gasteiger partial charge is 0.220 e. The van der Waals surface area contributed by atoms with E-state index in [2.05, 4.69) is 9.97 Å². The first-order valence-electron chi connectivity index (χ1n) is 8.54. The van der Waals surface area contributed by atoms with Crippen LogP contribution >= 0.6 is 0 Å². The maximum atomic E-state index is 13.3. The predicted molar refractivity (Wildman–Crippen MR) is 98.4 cm³/mol. The highest BCUT2D eigenvalue weighted by atomic mass is 19.1. The summed E-state index contributed by atoms with van der Waals surface area (Å²) in [4.78, 5) is 21.2. The number of Topliss-reactive ketones (excluding diaryl/α,β-unsaturated/α-hetero) is 1. The minimum absolute atomic E-state index is 0.00459. The number of carbonyl (C=O) groups excluding carboxylic acids is 1. The highest BCUT2D eigenvalue weighted by molar-refractivity contribution is 6.00. The molecule has 0 bridgehead atoms. The lowest BCUT2D eigenvalue weighted by atomic mass is 9.78. The Morgan fingerprint density at radius 3 is 2.54 bits per heavy atom. The Morgan fingerprint density at radius 1 is 1.04 bits per heavy atom. The number of nitrogens with zero attached hydrogens (tertiary/aromatic N) is 2. The number of rotatable bonds is 2. The Balaban J connectivity index is 1.78. The van der Waals surface area contributed by atoms with Gasteiger partial charge in [0.15, 0.2) is 5.78 Å². The number of anilines is 1. The quantitative estimate of drug-likeness (QED) is 0.758. The van der Waals surface area contributed by atoms with Crippen molar-refractivity contribution in [2.75, 3.05) is 5.73 Å². The molecule has 0 amide bonds. The van der Waals surface area contributed by atoms with Gasteiger partial charge >= 0.3 is 0 Å². The molecule has 0 spiro atoms. The lowest BCUT2D eigenvalue weighted by Gasteiger charge is -2.26. The number of halogens is 1. The highest BCUT2D eigenvalue weighted by Gasteiger charge is 2.30. The second-order valence-corrected chi connectivity index (χ2v) is 6.61. The van der Waals surface area contributed by atoms with Crippen molar-refractivity contribution in [1.82, 2.24) is 9.97 Å². The number of hydrogen-bond acceptors (Lipinski definition) is 4. The van der Waals surface area contributed by atoms with Crippen LogP contribution in [0.4, 0.5) is 10.3 Å². The monoisotopic (exact) mass is 347 g/mol. The van der Waals surface area contributed by atoms with Crippen molar-refractivity contribution in [3.05, 3.63) is 76.9 Å². The minimum atomic E-state index is -0.268. The summed E-state index contributed by atoms with van der Waals surface area (Å²) in [6.07, 6.45) is 1.03. The molecule has 2 N–H and O–H groups in total. The van der Waals surface area contributed by atoms with E-state index in [1.54, 1.807) is 19.1 Å². The molecule has 0 radical (unpaired) electrons. The molecule has 0 saturated heterocycles. The molecular formula is C21H18FN3O. The van der Waals surface area contributed by atoms with Gasteiger partial charge in [0, 0.05) is 6.42 Å². The van der Waals surface area contributed by atoms with E-state index in [1.165, 1.54) is 12.1 Å². The Kier molecular flexibility index (Phi) is 3.99. The van der Waals surface area contributed by atoms with Gasteiger partial charge in [-0.3, -0.25) is 4.79 Å². The molecule has 1 unspecified atom stereocenters. The third kappa shape index (κ3) is 2.86. The first-order valence-corrected chi connectivity index (χ1v) is 8.54. The number of nitrogens with two attached hydrogens (primary N) is 1. The molecule has 3 aromatic rings. The van der Waals surface area contributed by atoms with Crippen molar-refractivity contribution in [3.8, 4) is 11.1 Å². The van der Waals surface area contributed by atoms with Gasteiger partial charge in [-0.05, 0) is 48.1 Å². The summed E-state index contributed by atoms with van der Waals surface area (Å²) in [6, 6.07) is 14.4. The van der Waals surface area contributed by atoms with Gasteiger partial charge in [-0.1, -0.05) is 36.4 Å². The van der Waals surface area contributed by atoms with Crippen LogP contribution in [0.1, 0.15) is 39.6 Å². The van der Waals surface area contributed by atoms with E-state index in [0.29, 0.717) is 29.8 Å². The van der Waals surface area contributed by atoms with Gasteiger partial charge in [0.1, 0.15) is 5.82 Å². The summed E-state index contributed by atoms with van der Waals surface area (Å²) >= 11 is 0. The van der Waals surface area contributed by atoms with E-state index in [0.717, 1.165) is 16.7 Å². The Bertz CT molecular complexity index is 999. The number of nitrogen functional groups attached to an aromatic ring is 1. The van der Waals surface area contributed by atoms with Crippen molar-refractivity contribution >= 4 is 11.7 Å². The number of carbonyl (C=O) groups is 1. The Morgan fingerprint density at radius 2 is 1.77 bits per heavy atom. The van der Waals surface area contributed by atoms with Gasteiger partial charge in [-0.2, -0.15) is 0 Å². The largest absolute Gasteiger partial charge is 0.368 e. The summed E-state index contributed by atoms with van der Waals surface area (Å²) < 4.78 is 13.3. The molecule has 1 atom stereocenters. The molecule has 1 aliphatic rings. The topological polar surface area (TPSA) is 68.9 Å². The number of ketones is 1. The molecule has 4 nitrogen and oxygen atoms in total. The van der Waals surface area contributed by atoms with Gasteiger partial charge in [-0.15, -0.1) is 0 Å². The average Bonchev–Trinajstić information content (AvgIpc) is 2.61. The maximum Gasteiger partial charge on any atom is 0.220 e. The van der Waals surface area contributed by atoms with Crippen LogP contribution in [0.5, 0.6) is 0 Å². The van der Waals surface area contributed by atoms with Gasteiger partial charge in [0.2, 0.25) is 5.95 Å². The third-order valence-corrected chi connectivity index (χ3v) is 4.89. The van der Waals surface area contributed by atoms with Crippen LogP contribution in [0.2, 0.25) is 0 Å². The zero-order valence-corrected chi connectivity index (χ0v) is 14.4. The van der Waals surface area contributed by atoms with Crippen molar-refractivity contribution in [2.45, 2.75) is 25.7 Å². The molecule has 4 rings (SSSR count). The number of hydrogen-bond donors (Lipinski definition) is 1. The van der Waals surface area contributed by atoms with E-state index in [4.69, 9.17) is 5.73 Å². The number of aryl methyl sites for hydroxylation is 1. The van der Waals surface area contributed by atoms with Gasteiger partial charge in [0.05, 0.1) is 17.0 Å². The molecule has 1 aromatic heterocycles. The van der Waals surface area contributed by atoms with Gasteiger partial charge in [-0.25, -0.2) is 14.4 Å². The van der Waals surface area contributed by atoms with E-state index in [-0.39, 0.29) is 23.5 Å². The normalized spacial score (nSPS) is 16.4. The predicted octanol–water partition coefficient (Wildman–Crippen LogP) is 4.09. The van der Waals surface area contributed by atoms with Crippen LogP contribution in [0.15, 0.2) is 48.5 Å². The fraction of sp³-hybridized carbons (Fsp3) is 0.190. The van der Waals surface area contributed by atoms with Crippen molar-refractivity contribution in [1.29, 1.82) is 0 Å². The van der Waals surface area contributed by atoms with Crippen LogP contribution in [-0.2, 0) is 6.42 Å². The zero-order chi connectivity index (χ0) is 18.3. The van der Waals surface area contributed by atoms with Crippen molar-refractivity contribution < 1.29 is 9.18 Å². The first kappa shape index (κ1) is 16.4. The molecular weight excluding hydrogens is 329 g/mol. The first-order chi connectivity index (χ1) is 12.5. The fourth-order valence-corrected chi connectivity index (χ4v) is 3.76. The van der Waals surface area contributed by atoms with E-state index in [1.807, 2.05) is 24.3 Å². The van der Waals surface area contributed by atoms with E-state index >= 15 is 0 Å². The molecule has 0 fully saturated rings. The summed E-state index contributed by atoms with van der Waals surface area (Å²) in [5.41, 5.74) is 10.7. The Labute approximate surface area is 150 Å². The number of benzene rings is 2. The van der Waals surface area contributed by atoms with Crippen molar-refractivity contribution in [2.24, 2.45) is 0 Å². The van der Waals surface area contributed by atoms with Gasteiger partial charge in [0.25, 0.3) is 0 Å². The summed E-state index contributed by atoms with van der Waals surface area (Å²) in [6.45, 7) is 1.79. The number of fused-ring (bicyclic) bond motifs is 1.